The molecule has 0 saturated heterocycles. The number of thioether (sulfide) groups is 1. The minimum Gasteiger partial charge on any atom is -0.325 e. The molecule has 2 aromatic carbocycles. The normalized spacial score (nSPS) is 14.6. The van der Waals surface area contributed by atoms with Gasteiger partial charge in [0, 0.05) is 17.3 Å². The number of nitrogens with zero attached hydrogens (tertiary/aromatic N) is 3. The fourth-order valence-corrected chi connectivity index (χ4v) is 4.78. The van der Waals surface area contributed by atoms with E-state index in [2.05, 4.69) is 32.2 Å². The molecule has 1 amide bonds. The summed E-state index contributed by atoms with van der Waals surface area (Å²) in [5.74, 6) is 1.48. The second kappa shape index (κ2) is 9.86. The van der Waals surface area contributed by atoms with E-state index in [1.54, 1.807) is 18.2 Å². The van der Waals surface area contributed by atoms with Crippen LogP contribution in [0.1, 0.15) is 43.8 Å². The second-order valence-corrected chi connectivity index (χ2v) is 9.07. The molecule has 1 N–H and O–H groups in total. The maximum Gasteiger partial charge on any atom is 0.234 e. The third-order valence-electron chi connectivity index (χ3n) is 5.18. The summed E-state index contributed by atoms with van der Waals surface area (Å²) in [7, 11) is 0. The Kier molecular flexibility index (Phi) is 6.97. The van der Waals surface area contributed by atoms with Gasteiger partial charge in [0.1, 0.15) is 5.82 Å². The van der Waals surface area contributed by atoms with Crippen LogP contribution in [0.15, 0.2) is 53.7 Å². The molecule has 30 heavy (non-hydrogen) atoms. The molecule has 0 atom stereocenters. The fraction of sp³-hybridized carbons (Fsp3) is 0.318. The van der Waals surface area contributed by atoms with Crippen LogP contribution in [-0.4, -0.2) is 26.4 Å². The van der Waals surface area contributed by atoms with Gasteiger partial charge in [-0.15, -0.1) is 10.2 Å². The van der Waals surface area contributed by atoms with Crippen molar-refractivity contribution in [2.24, 2.45) is 0 Å². The van der Waals surface area contributed by atoms with Gasteiger partial charge < -0.3 is 5.32 Å². The number of rotatable bonds is 6. The van der Waals surface area contributed by atoms with Crippen LogP contribution >= 0.6 is 35.0 Å². The number of para-hydroxylation sites is 1. The van der Waals surface area contributed by atoms with Crippen molar-refractivity contribution < 1.29 is 4.79 Å². The smallest absolute Gasteiger partial charge is 0.234 e. The molecule has 4 rings (SSSR count). The van der Waals surface area contributed by atoms with Gasteiger partial charge in [-0.2, -0.15) is 0 Å². The Balaban J connectivity index is 1.51. The highest BCUT2D eigenvalue weighted by molar-refractivity contribution is 7.99. The maximum atomic E-state index is 12.5. The van der Waals surface area contributed by atoms with Gasteiger partial charge in [-0.1, -0.05) is 72.4 Å². The monoisotopic (exact) mass is 460 g/mol. The first-order valence-corrected chi connectivity index (χ1v) is 11.7. The predicted octanol–water partition coefficient (Wildman–Crippen LogP) is 6.35. The second-order valence-electron chi connectivity index (χ2n) is 7.31. The molecule has 1 fully saturated rings. The van der Waals surface area contributed by atoms with Gasteiger partial charge in [0.05, 0.1) is 15.8 Å². The van der Waals surface area contributed by atoms with Gasteiger partial charge in [-0.25, -0.2) is 0 Å². The van der Waals surface area contributed by atoms with E-state index in [0.29, 0.717) is 21.7 Å². The zero-order valence-corrected chi connectivity index (χ0v) is 18.7. The van der Waals surface area contributed by atoms with E-state index in [1.807, 2.05) is 18.2 Å². The highest BCUT2D eigenvalue weighted by Gasteiger charge is 2.24. The Morgan fingerprint density at radius 2 is 1.80 bits per heavy atom. The first kappa shape index (κ1) is 21.2. The van der Waals surface area contributed by atoms with Crippen molar-refractivity contribution in [3.05, 3.63) is 64.4 Å². The molecule has 1 heterocycles. The van der Waals surface area contributed by atoms with Crippen molar-refractivity contribution in [1.29, 1.82) is 0 Å². The molecule has 1 aromatic heterocycles. The third kappa shape index (κ3) is 4.99. The molecule has 0 spiro atoms. The van der Waals surface area contributed by atoms with E-state index < -0.39 is 0 Å². The number of amides is 1. The van der Waals surface area contributed by atoms with Crippen LogP contribution in [0.4, 0.5) is 5.69 Å². The Labute approximate surface area is 190 Å². The van der Waals surface area contributed by atoms with Crippen molar-refractivity contribution in [1.82, 2.24) is 14.8 Å². The lowest BCUT2D eigenvalue weighted by Crippen LogP contribution is -2.15. The van der Waals surface area contributed by atoms with E-state index in [9.17, 15) is 4.79 Å². The molecule has 1 aliphatic rings. The summed E-state index contributed by atoms with van der Waals surface area (Å²) in [5.41, 5.74) is 1.64. The molecule has 5 nitrogen and oxygen atoms in total. The van der Waals surface area contributed by atoms with Crippen molar-refractivity contribution in [3.63, 3.8) is 0 Å². The average Bonchev–Trinajstić information content (AvgIpc) is 3.20. The lowest BCUT2D eigenvalue weighted by molar-refractivity contribution is -0.113. The molecule has 0 radical (unpaired) electrons. The highest BCUT2D eigenvalue weighted by atomic mass is 35.5. The standard InChI is InChI=1S/C22H22Cl2N4OS/c23-18-12-11-16(13-19(18)24)25-20(29)14-30-22-27-26-21(15-7-3-1-4-8-15)28(22)17-9-5-2-6-10-17/h2,5-6,9-13,15H,1,3-4,7-8,14H2,(H,25,29). The Morgan fingerprint density at radius 3 is 2.53 bits per heavy atom. The number of hydrogen-bond acceptors (Lipinski definition) is 4. The first-order chi connectivity index (χ1) is 14.6. The zero-order chi connectivity index (χ0) is 20.9. The average molecular weight is 461 g/mol. The van der Waals surface area contributed by atoms with Gasteiger partial charge in [-0.3, -0.25) is 9.36 Å². The van der Waals surface area contributed by atoms with Crippen molar-refractivity contribution >= 4 is 46.6 Å². The van der Waals surface area contributed by atoms with Crippen LogP contribution in [0.3, 0.4) is 0 Å². The molecule has 1 saturated carbocycles. The van der Waals surface area contributed by atoms with Crippen molar-refractivity contribution in [3.8, 4) is 5.69 Å². The van der Waals surface area contributed by atoms with E-state index >= 15 is 0 Å². The van der Waals surface area contributed by atoms with Crippen molar-refractivity contribution in [2.45, 2.75) is 43.2 Å². The number of benzene rings is 2. The van der Waals surface area contributed by atoms with E-state index in [1.165, 1.54) is 31.0 Å². The first-order valence-electron chi connectivity index (χ1n) is 10.0. The number of hydrogen-bond donors (Lipinski definition) is 1. The maximum absolute atomic E-state index is 12.5. The van der Waals surface area contributed by atoms with Crippen molar-refractivity contribution in [2.75, 3.05) is 11.1 Å². The van der Waals surface area contributed by atoms with Gasteiger partial charge in [0.15, 0.2) is 5.16 Å². The molecular formula is C22H22Cl2N4OS. The largest absolute Gasteiger partial charge is 0.325 e. The zero-order valence-electron chi connectivity index (χ0n) is 16.4. The van der Waals surface area contributed by atoms with Gasteiger partial charge in [0.2, 0.25) is 5.91 Å². The Bertz CT molecular complexity index is 1020. The molecular weight excluding hydrogens is 439 g/mol. The molecule has 0 aliphatic heterocycles. The topological polar surface area (TPSA) is 59.8 Å². The summed E-state index contributed by atoms with van der Waals surface area (Å²) in [4.78, 5) is 12.5. The highest BCUT2D eigenvalue weighted by Crippen LogP contribution is 2.35. The summed E-state index contributed by atoms with van der Waals surface area (Å²) in [6.07, 6.45) is 6.00. The van der Waals surface area contributed by atoms with Gasteiger partial charge in [0.25, 0.3) is 0 Å². The molecule has 0 unspecified atom stereocenters. The van der Waals surface area contributed by atoms with Crippen LogP contribution in [0.2, 0.25) is 10.0 Å². The summed E-state index contributed by atoms with van der Waals surface area (Å²) < 4.78 is 2.10. The number of halogens is 2. The minimum atomic E-state index is -0.139. The van der Waals surface area contributed by atoms with Crippen LogP contribution in [-0.2, 0) is 4.79 Å². The number of anilines is 1. The lowest BCUT2D eigenvalue weighted by atomic mass is 9.88. The molecule has 3 aromatic rings. The number of aromatic nitrogens is 3. The SMILES string of the molecule is O=C(CSc1nnc(C2CCCCC2)n1-c1ccccc1)Nc1ccc(Cl)c(Cl)c1. The quantitative estimate of drug-likeness (QED) is 0.435. The number of nitrogens with one attached hydrogen (secondary N) is 1. The third-order valence-corrected chi connectivity index (χ3v) is 6.85. The molecule has 8 heteroatoms. The fourth-order valence-electron chi connectivity index (χ4n) is 3.72. The van der Waals surface area contributed by atoms with E-state index in [4.69, 9.17) is 23.2 Å². The molecule has 0 bridgehead atoms. The van der Waals surface area contributed by atoms with E-state index in [0.717, 1.165) is 29.5 Å². The van der Waals surface area contributed by atoms with E-state index in [-0.39, 0.29) is 11.7 Å². The van der Waals surface area contributed by atoms with Crippen LogP contribution < -0.4 is 5.32 Å². The molecule has 1 aliphatic carbocycles. The van der Waals surface area contributed by atoms with Crippen LogP contribution in [0.5, 0.6) is 0 Å². The van der Waals surface area contributed by atoms with Gasteiger partial charge in [-0.05, 0) is 43.2 Å². The summed E-state index contributed by atoms with van der Waals surface area (Å²) >= 11 is 13.3. The number of carbonyl (C=O) groups is 1. The lowest BCUT2D eigenvalue weighted by Gasteiger charge is -2.22. The predicted molar refractivity (Wildman–Crippen MR) is 123 cm³/mol. The Hall–Kier alpha value is -2.02. The summed E-state index contributed by atoms with van der Waals surface area (Å²) in [6, 6.07) is 15.1. The van der Waals surface area contributed by atoms with Gasteiger partial charge >= 0.3 is 0 Å². The van der Waals surface area contributed by atoms with Crippen LogP contribution in [0, 0.1) is 0 Å². The number of carbonyl (C=O) groups excluding carboxylic acids is 1. The summed E-state index contributed by atoms with van der Waals surface area (Å²) in [6.45, 7) is 0. The Morgan fingerprint density at radius 1 is 1.03 bits per heavy atom. The molecule has 156 valence electrons. The minimum absolute atomic E-state index is 0.139. The summed E-state index contributed by atoms with van der Waals surface area (Å²) in [5, 5.41) is 13.4. The van der Waals surface area contributed by atoms with Crippen LogP contribution in [0.25, 0.3) is 5.69 Å².